The van der Waals surface area contributed by atoms with Crippen molar-refractivity contribution < 1.29 is 4.79 Å². The molecule has 0 aliphatic carbocycles. The first-order chi connectivity index (χ1) is 15.1. The van der Waals surface area contributed by atoms with E-state index in [-0.39, 0.29) is 11.8 Å². The van der Waals surface area contributed by atoms with Crippen LogP contribution in [0.25, 0.3) is 0 Å². The van der Waals surface area contributed by atoms with Crippen molar-refractivity contribution >= 4 is 23.3 Å². The second-order valence-corrected chi connectivity index (χ2v) is 9.55. The number of hydrogen-bond acceptors (Lipinski definition) is 4. The quantitative estimate of drug-likeness (QED) is 0.718. The lowest BCUT2D eigenvalue weighted by atomic mass is 9.95. The molecule has 31 heavy (non-hydrogen) atoms. The molecule has 1 atom stereocenters. The fourth-order valence-corrected chi connectivity index (χ4v) is 4.82. The van der Waals surface area contributed by atoms with Gasteiger partial charge >= 0.3 is 0 Å². The van der Waals surface area contributed by atoms with Crippen molar-refractivity contribution in [3.8, 4) is 0 Å². The van der Waals surface area contributed by atoms with E-state index in [1.54, 1.807) is 6.20 Å². The van der Waals surface area contributed by atoms with Gasteiger partial charge in [0, 0.05) is 44.8 Å². The molecule has 1 unspecified atom stereocenters. The highest BCUT2D eigenvalue weighted by Crippen LogP contribution is 2.23. The van der Waals surface area contributed by atoms with E-state index >= 15 is 0 Å². The van der Waals surface area contributed by atoms with E-state index in [4.69, 9.17) is 11.6 Å². The van der Waals surface area contributed by atoms with E-state index in [1.807, 2.05) is 12.1 Å². The van der Waals surface area contributed by atoms with Gasteiger partial charge in [0.15, 0.2) is 0 Å². The second kappa shape index (κ2) is 10.5. The Balaban J connectivity index is 1.20. The zero-order valence-corrected chi connectivity index (χ0v) is 19.2. The van der Waals surface area contributed by atoms with Gasteiger partial charge in [-0.3, -0.25) is 9.69 Å². The highest BCUT2D eigenvalue weighted by Gasteiger charge is 2.25. The molecule has 2 aliphatic rings. The molecule has 1 N–H and O–H groups in total. The molecule has 166 valence electrons. The Morgan fingerprint density at radius 3 is 2.48 bits per heavy atom. The van der Waals surface area contributed by atoms with Gasteiger partial charge in [-0.25, -0.2) is 4.98 Å². The van der Waals surface area contributed by atoms with Gasteiger partial charge in [-0.05, 0) is 61.4 Å². The highest BCUT2D eigenvalue weighted by molar-refractivity contribution is 6.30. The van der Waals surface area contributed by atoms with Crippen molar-refractivity contribution in [1.29, 1.82) is 0 Å². The van der Waals surface area contributed by atoms with Gasteiger partial charge in [-0.1, -0.05) is 42.8 Å². The zero-order valence-electron chi connectivity index (χ0n) is 18.4. The van der Waals surface area contributed by atoms with Gasteiger partial charge < -0.3 is 10.2 Å². The maximum Gasteiger partial charge on any atom is 0.223 e. The summed E-state index contributed by atoms with van der Waals surface area (Å²) in [4.78, 5) is 21.8. The topological polar surface area (TPSA) is 48.5 Å². The number of pyridine rings is 1. The molecule has 0 radical (unpaired) electrons. The molecule has 0 saturated carbocycles. The molecule has 2 aromatic rings. The molecule has 0 spiro atoms. The van der Waals surface area contributed by atoms with Crippen LogP contribution in [0.5, 0.6) is 0 Å². The van der Waals surface area contributed by atoms with E-state index in [1.165, 1.54) is 31.5 Å². The third kappa shape index (κ3) is 6.20. The number of nitrogens with one attached hydrogen (secondary N) is 1. The number of amides is 1. The van der Waals surface area contributed by atoms with Gasteiger partial charge in [0.2, 0.25) is 5.91 Å². The fourth-order valence-electron chi connectivity index (χ4n) is 4.71. The average Bonchev–Trinajstić information content (AvgIpc) is 2.79. The number of aromatic nitrogens is 1. The minimum Gasteiger partial charge on any atom is -0.357 e. The van der Waals surface area contributed by atoms with Crippen LogP contribution in [0.15, 0.2) is 42.6 Å². The van der Waals surface area contributed by atoms with Crippen molar-refractivity contribution in [2.45, 2.75) is 45.7 Å². The standard InChI is InChI=1S/C25H33ClN4O/c1-19-3-2-12-29(17-19)18-21-6-4-20(5-7-21)15-28-25(31)22-10-13-30(14-11-22)24-9-8-23(26)16-27-24/h4-9,16,19,22H,2-3,10-15,17-18H2,1H3,(H,28,31). The maximum absolute atomic E-state index is 12.7. The molecular weight excluding hydrogens is 408 g/mol. The third-order valence-corrected chi connectivity index (χ3v) is 6.76. The van der Waals surface area contributed by atoms with E-state index in [2.05, 4.69) is 51.3 Å². The van der Waals surface area contributed by atoms with Gasteiger partial charge in [-0.15, -0.1) is 0 Å². The molecule has 2 fully saturated rings. The van der Waals surface area contributed by atoms with Crippen LogP contribution >= 0.6 is 11.6 Å². The molecule has 2 aliphatic heterocycles. The molecule has 4 rings (SSSR count). The van der Waals surface area contributed by atoms with E-state index in [9.17, 15) is 4.79 Å². The summed E-state index contributed by atoms with van der Waals surface area (Å²) in [6.45, 7) is 8.06. The molecule has 6 heteroatoms. The number of benzene rings is 1. The number of rotatable bonds is 6. The number of piperidine rings is 2. The molecule has 2 saturated heterocycles. The Kier molecular flexibility index (Phi) is 7.46. The number of likely N-dealkylation sites (tertiary alicyclic amines) is 1. The second-order valence-electron chi connectivity index (χ2n) is 9.11. The van der Waals surface area contributed by atoms with Crippen molar-refractivity contribution in [2.75, 3.05) is 31.1 Å². The fraction of sp³-hybridized carbons (Fsp3) is 0.520. The predicted molar refractivity (Wildman–Crippen MR) is 126 cm³/mol. The van der Waals surface area contributed by atoms with Gasteiger partial charge in [-0.2, -0.15) is 0 Å². The number of carbonyl (C=O) groups is 1. The average molecular weight is 441 g/mol. The number of nitrogens with zero attached hydrogens (tertiary/aromatic N) is 3. The summed E-state index contributed by atoms with van der Waals surface area (Å²) in [6, 6.07) is 12.5. The Hall–Kier alpha value is -2.11. The minimum atomic E-state index is 0.0731. The summed E-state index contributed by atoms with van der Waals surface area (Å²) in [7, 11) is 0. The highest BCUT2D eigenvalue weighted by atomic mass is 35.5. The van der Waals surface area contributed by atoms with Crippen molar-refractivity contribution in [1.82, 2.24) is 15.2 Å². The first kappa shape index (κ1) is 22.1. The third-order valence-electron chi connectivity index (χ3n) is 6.54. The number of hydrogen-bond donors (Lipinski definition) is 1. The number of anilines is 1. The van der Waals surface area contributed by atoms with E-state index in [0.29, 0.717) is 11.6 Å². The monoisotopic (exact) mass is 440 g/mol. The Morgan fingerprint density at radius 2 is 1.81 bits per heavy atom. The van der Waals surface area contributed by atoms with Gasteiger partial charge in [0.05, 0.1) is 5.02 Å². The lowest BCUT2D eigenvalue weighted by Crippen LogP contribution is -2.40. The molecule has 1 aromatic carbocycles. The van der Waals surface area contributed by atoms with Crippen molar-refractivity contribution in [3.05, 3.63) is 58.7 Å². The van der Waals surface area contributed by atoms with Crippen LogP contribution in [0.3, 0.4) is 0 Å². The van der Waals surface area contributed by atoms with E-state index < -0.39 is 0 Å². The van der Waals surface area contributed by atoms with Crippen LogP contribution in [0.2, 0.25) is 5.02 Å². The molecular formula is C25H33ClN4O. The smallest absolute Gasteiger partial charge is 0.223 e. The summed E-state index contributed by atoms with van der Waals surface area (Å²) in [5.74, 6) is 1.97. The Bertz CT molecular complexity index is 847. The van der Waals surface area contributed by atoms with Crippen LogP contribution < -0.4 is 10.2 Å². The first-order valence-corrected chi connectivity index (χ1v) is 11.9. The van der Waals surface area contributed by atoms with Crippen LogP contribution in [-0.4, -0.2) is 42.0 Å². The lowest BCUT2D eigenvalue weighted by molar-refractivity contribution is -0.125. The van der Waals surface area contributed by atoms with Crippen molar-refractivity contribution in [2.24, 2.45) is 11.8 Å². The molecule has 0 bridgehead atoms. The van der Waals surface area contributed by atoms with E-state index in [0.717, 1.165) is 49.8 Å². The maximum atomic E-state index is 12.7. The zero-order chi connectivity index (χ0) is 21.6. The normalized spacial score (nSPS) is 20.6. The summed E-state index contributed by atoms with van der Waals surface area (Å²) in [5, 5.41) is 3.78. The largest absolute Gasteiger partial charge is 0.357 e. The van der Waals surface area contributed by atoms with Crippen LogP contribution in [0, 0.1) is 11.8 Å². The van der Waals surface area contributed by atoms with Crippen LogP contribution in [0.1, 0.15) is 43.7 Å². The number of carbonyl (C=O) groups excluding carboxylic acids is 1. The molecule has 5 nitrogen and oxygen atoms in total. The lowest BCUT2D eigenvalue weighted by Gasteiger charge is -2.32. The molecule has 3 heterocycles. The molecule has 1 aromatic heterocycles. The van der Waals surface area contributed by atoms with Gasteiger partial charge in [0.1, 0.15) is 5.82 Å². The predicted octanol–water partition coefficient (Wildman–Crippen LogP) is 4.50. The summed E-state index contributed by atoms with van der Waals surface area (Å²) >= 11 is 5.92. The first-order valence-electron chi connectivity index (χ1n) is 11.5. The molecule has 1 amide bonds. The van der Waals surface area contributed by atoms with Crippen molar-refractivity contribution in [3.63, 3.8) is 0 Å². The minimum absolute atomic E-state index is 0.0731. The summed E-state index contributed by atoms with van der Waals surface area (Å²) in [5.41, 5.74) is 2.51. The Labute approximate surface area is 190 Å². The van der Waals surface area contributed by atoms with Crippen LogP contribution in [0.4, 0.5) is 5.82 Å². The SMILES string of the molecule is CC1CCCN(Cc2ccc(CNC(=O)C3CCN(c4ccc(Cl)cn4)CC3)cc2)C1. The number of halogens is 1. The summed E-state index contributed by atoms with van der Waals surface area (Å²) < 4.78 is 0. The van der Waals surface area contributed by atoms with Gasteiger partial charge in [0.25, 0.3) is 0 Å². The Morgan fingerprint density at radius 1 is 1.06 bits per heavy atom. The summed E-state index contributed by atoms with van der Waals surface area (Å²) in [6.07, 6.45) is 6.04. The van der Waals surface area contributed by atoms with Crippen LogP contribution in [-0.2, 0) is 17.9 Å².